The second-order valence-electron chi connectivity index (χ2n) is 5.36. The summed E-state index contributed by atoms with van der Waals surface area (Å²) in [7, 11) is 1.42. The van der Waals surface area contributed by atoms with Crippen molar-refractivity contribution < 1.29 is 18.4 Å². The van der Waals surface area contributed by atoms with Gasteiger partial charge in [0.25, 0.3) is 5.22 Å². The second kappa shape index (κ2) is 8.45. The molecule has 1 aromatic heterocycles. The molecule has 0 saturated heterocycles. The van der Waals surface area contributed by atoms with E-state index in [1.807, 2.05) is 6.07 Å². The summed E-state index contributed by atoms with van der Waals surface area (Å²) in [4.78, 5) is 24.0. The molecule has 0 aliphatic rings. The van der Waals surface area contributed by atoms with Crippen LogP contribution in [0.3, 0.4) is 0 Å². The van der Waals surface area contributed by atoms with Crippen molar-refractivity contribution in [2.24, 2.45) is 0 Å². The summed E-state index contributed by atoms with van der Waals surface area (Å²) in [6.07, 6.45) is 0. The first-order chi connectivity index (χ1) is 13.1. The highest BCUT2D eigenvalue weighted by atomic mass is 32.2. The SMILES string of the molecule is CNC(=O)NC(=O)[C@@H](Sc1nnc(-c2ccc(F)cc2)o1)c1ccccc1. The average Bonchev–Trinajstić information content (AvgIpc) is 3.16. The Bertz CT molecular complexity index is 931. The lowest BCUT2D eigenvalue weighted by Crippen LogP contribution is -2.39. The van der Waals surface area contributed by atoms with Gasteiger partial charge in [-0.05, 0) is 41.6 Å². The van der Waals surface area contributed by atoms with Crippen LogP contribution in [-0.4, -0.2) is 29.2 Å². The summed E-state index contributed by atoms with van der Waals surface area (Å²) in [5.41, 5.74) is 1.23. The van der Waals surface area contributed by atoms with Crippen LogP contribution in [0.5, 0.6) is 0 Å². The van der Waals surface area contributed by atoms with Gasteiger partial charge in [0.1, 0.15) is 11.1 Å². The first-order valence-corrected chi connectivity index (χ1v) is 8.78. The Morgan fingerprint density at radius 3 is 2.44 bits per heavy atom. The zero-order valence-corrected chi connectivity index (χ0v) is 15.0. The minimum absolute atomic E-state index is 0.148. The first-order valence-electron chi connectivity index (χ1n) is 7.90. The van der Waals surface area contributed by atoms with Crippen molar-refractivity contribution in [1.29, 1.82) is 0 Å². The highest BCUT2D eigenvalue weighted by Crippen LogP contribution is 2.35. The minimum atomic E-state index is -0.773. The van der Waals surface area contributed by atoms with Crippen molar-refractivity contribution in [2.45, 2.75) is 10.5 Å². The summed E-state index contributed by atoms with van der Waals surface area (Å²) in [6, 6.07) is 13.9. The van der Waals surface area contributed by atoms with Crippen molar-refractivity contribution >= 4 is 23.7 Å². The molecule has 0 radical (unpaired) electrons. The van der Waals surface area contributed by atoms with E-state index in [0.29, 0.717) is 11.1 Å². The van der Waals surface area contributed by atoms with Crippen LogP contribution >= 0.6 is 11.8 Å². The van der Waals surface area contributed by atoms with Crippen LogP contribution in [-0.2, 0) is 4.79 Å². The van der Waals surface area contributed by atoms with Crippen LogP contribution in [0.4, 0.5) is 9.18 Å². The number of nitrogens with zero attached hydrogens (tertiary/aromatic N) is 2. The standard InChI is InChI=1S/C18H15FN4O3S/c1-20-17(25)21-15(24)14(11-5-3-2-4-6-11)27-18-23-22-16(26-18)12-7-9-13(19)10-8-12/h2-10,14H,1H3,(H2,20,21,24,25)/t14-/m0/s1. The van der Waals surface area contributed by atoms with Crippen LogP contribution in [0.1, 0.15) is 10.8 Å². The van der Waals surface area contributed by atoms with Gasteiger partial charge in [-0.3, -0.25) is 10.1 Å². The normalized spacial score (nSPS) is 11.6. The molecule has 0 aliphatic heterocycles. The fraction of sp³-hybridized carbons (Fsp3) is 0.111. The number of halogens is 1. The lowest BCUT2D eigenvalue weighted by Gasteiger charge is -2.14. The van der Waals surface area contributed by atoms with Crippen LogP contribution < -0.4 is 10.6 Å². The first kappa shape index (κ1) is 18.6. The van der Waals surface area contributed by atoms with E-state index in [0.717, 1.165) is 11.8 Å². The van der Waals surface area contributed by atoms with E-state index < -0.39 is 17.2 Å². The fourth-order valence-corrected chi connectivity index (χ4v) is 3.08. The van der Waals surface area contributed by atoms with Crippen molar-refractivity contribution in [3.63, 3.8) is 0 Å². The predicted octanol–water partition coefficient (Wildman–Crippen LogP) is 3.16. The highest BCUT2D eigenvalue weighted by Gasteiger charge is 2.26. The highest BCUT2D eigenvalue weighted by molar-refractivity contribution is 8.00. The number of amides is 3. The van der Waals surface area contributed by atoms with E-state index in [-0.39, 0.29) is 16.9 Å². The summed E-state index contributed by atoms with van der Waals surface area (Å²) >= 11 is 1.01. The minimum Gasteiger partial charge on any atom is -0.411 e. The summed E-state index contributed by atoms with van der Waals surface area (Å²) in [5.74, 6) is -0.689. The van der Waals surface area contributed by atoms with Crippen LogP contribution in [0.25, 0.3) is 11.5 Å². The number of hydrogen-bond acceptors (Lipinski definition) is 6. The predicted molar refractivity (Wildman–Crippen MR) is 97.3 cm³/mol. The Hall–Kier alpha value is -3.20. The molecule has 0 saturated carbocycles. The molecular formula is C18H15FN4O3S. The Labute approximate surface area is 158 Å². The van der Waals surface area contributed by atoms with Crippen molar-refractivity contribution in [3.05, 3.63) is 66.0 Å². The molecule has 7 nitrogen and oxygen atoms in total. The van der Waals surface area contributed by atoms with E-state index in [1.54, 1.807) is 24.3 Å². The van der Waals surface area contributed by atoms with Gasteiger partial charge < -0.3 is 9.73 Å². The van der Waals surface area contributed by atoms with Gasteiger partial charge in [0, 0.05) is 12.6 Å². The maximum Gasteiger partial charge on any atom is 0.321 e. The Morgan fingerprint density at radius 1 is 1.07 bits per heavy atom. The third-order valence-corrected chi connectivity index (χ3v) is 4.61. The van der Waals surface area contributed by atoms with E-state index in [4.69, 9.17) is 4.42 Å². The van der Waals surface area contributed by atoms with Gasteiger partial charge in [0.05, 0.1) is 0 Å². The van der Waals surface area contributed by atoms with E-state index in [1.165, 1.54) is 31.3 Å². The van der Waals surface area contributed by atoms with Gasteiger partial charge in [0.15, 0.2) is 0 Å². The number of aromatic nitrogens is 2. The van der Waals surface area contributed by atoms with Gasteiger partial charge in [0.2, 0.25) is 11.8 Å². The molecule has 1 atom stereocenters. The summed E-state index contributed by atoms with van der Waals surface area (Å²) in [5, 5.41) is 11.8. The summed E-state index contributed by atoms with van der Waals surface area (Å²) < 4.78 is 18.6. The molecule has 0 fully saturated rings. The molecule has 2 aromatic carbocycles. The number of hydrogen-bond donors (Lipinski definition) is 2. The average molecular weight is 386 g/mol. The molecule has 3 rings (SSSR count). The molecule has 0 aliphatic carbocycles. The lowest BCUT2D eigenvalue weighted by atomic mass is 10.1. The molecule has 0 spiro atoms. The lowest BCUT2D eigenvalue weighted by molar-refractivity contribution is -0.119. The maximum absolute atomic E-state index is 13.0. The van der Waals surface area contributed by atoms with Gasteiger partial charge >= 0.3 is 6.03 Å². The number of carbonyl (C=O) groups excluding carboxylic acids is 2. The number of rotatable bonds is 5. The zero-order chi connectivity index (χ0) is 19.2. The van der Waals surface area contributed by atoms with E-state index >= 15 is 0 Å². The number of benzene rings is 2. The number of thioether (sulfide) groups is 1. The van der Waals surface area contributed by atoms with Crippen molar-refractivity contribution in [2.75, 3.05) is 7.05 Å². The third kappa shape index (κ3) is 4.70. The maximum atomic E-state index is 13.0. The van der Waals surface area contributed by atoms with Crippen LogP contribution in [0.2, 0.25) is 0 Å². The number of carbonyl (C=O) groups is 2. The quantitative estimate of drug-likeness (QED) is 0.654. The molecule has 3 amide bonds. The third-order valence-electron chi connectivity index (χ3n) is 3.52. The van der Waals surface area contributed by atoms with Crippen LogP contribution in [0, 0.1) is 5.82 Å². The summed E-state index contributed by atoms with van der Waals surface area (Å²) in [6.45, 7) is 0. The molecule has 2 N–H and O–H groups in total. The topological polar surface area (TPSA) is 97.1 Å². The van der Waals surface area contributed by atoms with Gasteiger partial charge in [-0.2, -0.15) is 0 Å². The van der Waals surface area contributed by atoms with Gasteiger partial charge in [-0.15, -0.1) is 10.2 Å². The number of imide groups is 1. The molecule has 3 aromatic rings. The van der Waals surface area contributed by atoms with Crippen molar-refractivity contribution in [3.8, 4) is 11.5 Å². The molecule has 138 valence electrons. The number of nitrogens with one attached hydrogen (secondary N) is 2. The monoisotopic (exact) mass is 386 g/mol. The Balaban J connectivity index is 1.83. The fourth-order valence-electron chi connectivity index (χ4n) is 2.21. The second-order valence-corrected chi connectivity index (χ2v) is 6.41. The molecular weight excluding hydrogens is 371 g/mol. The van der Waals surface area contributed by atoms with Gasteiger partial charge in [-0.1, -0.05) is 30.3 Å². The molecule has 0 unspecified atom stereocenters. The number of urea groups is 1. The largest absolute Gasteiger partial charge is 0.411 e. The van der Waals surface area contributed by atoms with Crippen molar-refractivity contribution in [1.82, 2.24) is 20.8 Å². The molecule has 27 heavy (non-hydrogen) atoms. The molecule has 1 heterocycles. The van der Waals surface area contributed by atoms with Gasteiger partial charge in [-0.25, -0.2) is 9.18 Å². The van der Waals surface area contributed by atoms with E-state index in [9.17, 15) is 14.0 Å². The van der Waals surface area contributed by atoms with Crippen LogP contribution in [0.15, 0.2) is 64.2 Å². The van der Waals surface area contributed by atoms with E-state index in [2.05, 4.69) is 20.8 Å². The molecule has 9 heteroatoms. The molecule has 0 bridgehead atoms. The Morgan fingerprint density at radius 2 is 1.78 bits per heavy atom. The Kier molecular flexibility index (Phi) is 5.82. The zero-order valence-electron chi connectivity index (χ0n) is 14.2. The smallest absolute Gasteiger partial charge is 0.321 e.